The lowest BCUT2D eigenvalue weighted by atomic mass is 9.73. The van der Waals surface area contributed by atoms with Crippen LogP contribution in [-0.2, 0) is 9.53 Å². The Kier molecular flexibility index (Phi) is 6.23. The molecular formula is C31H28O5. The average molecular weight is 481 g/mol. The van der Waals surface area contributed by atoms with Crippen LogP contribution >= 0.6 is 0 Å². The first-order valence-electron chi connectivity index (χ1n) is 12.1. The summed E-state index contributed by atoms with van der Waals surface area (Å²) in [5.41, 5.74) is 7.23. The van der Waals surface area contributed by atoms with Gasteiger partial charge in [-0.15, -0.1) is 0 Å². The fourth-order valence-corrected chi connectivity index (χ4v) is 5.33. The largest absolute Gasteiger partial charge is 0.469 e. The molecule has 0 saturated heterocycles. The van der Waals surface area contributed by atoms with Crippen LogP contribution in [0.4, 0.5) is 0 Å². The number of aldehydes is 1. The van der Waals surface area contributed by atoms with Crippen molar-refractivity contribution in [1.29, 1.82) is 0 Å². The van der Waals surface area contributed by atoms with Gasteiger partial charge in [0.1, 0.15) is 23.6 Å². The van der Waals surface area contributed by atoms with Crippen LogP contribution in [-0.4, -0.2) is 18.9 Å². The van der Waals surface area contributed by atoms with Crippen molar-refractivity contribution in [2.45, 2.75) is 33.1 Å². The zero-order chi connectivity index (χ0) is 25.4. The standard InChI is InChI=1S/C31H28O5/c1-5-34-31(33)28-19(3)13-23-15-22(20(4)29(23)30(28)27-7-6-12-35-27)16-24-10-11-26(36-24)25-14-21(17-32)9-8-18(25)2/h6-14,16-17,29-30H,4-5,15H2,1-3H3. The number of esters is 1. The van der Waals surface area contributed by atoms with Crippen LogP contribution in [0.2, 0.25) is 0 Å². The van der Waals surface area contributed by atoms with Crippen molar-refractivity contribution >= 4 is 18.3 Å². The Balaban J connectivity index is 1.50. The molecule has 0 N–H and O–H groups in total. The van der Waals surface area contributed by atoms with E-state index >= 15 is 0 Å². The molecule has 3 aromatic rings. The average Bonchev–Trinajstić information content (AvgIpc) is 3.61. The van der Waals surface area contributed by atoms with Crippen molar-refractivity contribution in [3.8, 4) is 11.3 Å². The fourth-order valence-electron chi connectivity index (χ4n) is 5.33. The molecule has 0 amide bonds. The molecule has 1 fully saturated rings. The van der Waals surface area contributed by atoms with Crippen molar-refractivity contribution < 1.29 is 23.2 Å². The molecule has 2 aliphatic carbocycles. The van der Waals surface area contributed by atoms with Gasteiger partial charge in [0, 0.05) is 17.0 Å². The summed E-state index contributed by atoms with van der Waals surface area (Å²) in [6.07, 6.45) is 7.28. The molecule has 5 nitrogen and oxygen atoms in total. The van der Waals surface area contributed by atoms with Crippen LogP contribution in [0, 0.1) is 12.8 Å². The molecule has 5 heteroatoms. The molecule has 1 saturated carbocycles. The third-order valence-electron chi connectivity index (χ3n) is 7.00. The van der Waals surface area contributed by atoms with E-state index in [9.17, 15) is 9.59 Å². The van der Waals surface area contributed by atoms with E-state index in [1.807, 2.05) is 63.2 Å². The monoisotopic (exact) mass is 480 g/mol. The molecular weight excluding hydrogens is 452 g/mol. The highest BCUT2D eigenvalue weighted by atomic mass is 16.5. The summed E-state index contributed by atoms with van der Waals surface area (Å²) in [6.45, 7) is 10.5. The number of rotatable bonds is 6. The molecule has 182 valence electrons. The minimum absolute atomic E-state index is 0.0912. The summed E-state index contributed by atoms with van der Waals surface area (Å²) in [6, 6.07) is 13.1. The number of furan rings is 2. The first-order valence-corrected chi connectivity index (χ1v) is 12.1. The molecule has 0 spiro atoms. The van der Waals surface area contributed by atoms with Crippen molar-refractivity contribution in [1.82, 2.24) is 0 Å². The van der Waals surface area contributed by atoms with E-state index in [0.29, 0.717) is 35.7 Å². The highest BCUT2D eigenvalue weighted by Gasteiger charge is 2.44. The lowest BCUT2D eigenvalue weighted by Gasteiger charge is -2.30. The summed E-state index contributed by atoms with van der Waals surface area (Å²) in [5, 5.41) is 0. The van der Waals surface area contributed by atoms with Gasteiger partial charge in [-0.25, -0.2) is 4.79 Å². The smallest absolute Gasteiger partial charge is 0.335 e. The van der Waals surface area contributed by atoms with Crippen molar-refractivity contribution in [2.75, 3.05) is 6.61 Å². The lowest BCUT2D eigenvalue weighted by molar-refractivity contribution is -0.139. The van der Waals surface area contributed by atoms with Crippen molar-refractivity contribution in [3.05, 3.63) is 112 Å². The predicted octanol–water partition coefficient (Wildman–Crippen LogP) is 7.22. The quantitative estimate of drug-likeness (QED) is 0.275. The van der Waals surface area contributed by atoms with Crippen molar-refractivity contribution in [3.63, 3.8) is 0 Å². The van der Waals surface area contributed by atoms with E-state index < -0.39 is 0 Å². The van der Waals surface area contributed by atoms with Gasteiger partial charge in [-0.3, -0.25) is 4.79 Å². The normalized spacial score (nSPS) is 20.5. The molecule has 36 heavy (non-hydrogen) atoms. The number of hydrogen-bond acceptors (Lipinski definition) is 5. The number of benzene rings is 1. The van der Waals surface area contributed by atoms with E-state index in [1.165, 1.54) is 5.57 Å². The molecule has 2 aromatic heterocycles. The minimum atomic E-state index is -0.319. The van der Waals surface area contributed by atoms with Crippen LogP contribution in [0.5, 0.6) is 0 Å². The molecule has 0 aliphatic heterocycles. The maximum absolute atomic E-state index is 13.0. The van der Waals surface area contributed by atoms with Crippen LogP contribution in [0.15, 0.2) is 98.1 Å². The summed E-state index contributed by atoms with van der Waals surface area (Å²) >= 11 is 0. The van der Waals surface area contributed by atoms with Gasteiger partial charge in [0.2, 0.25) is 0 Å². The van der Waals surface area contributed by atoms with Gasteiger partial charge in [0.25, 0.3) is 0 Å². The van der Waals surface area contributed by atoms with Gasteiger partial charge in [0.05, 0.1) is 24.4 Å². The highest BCUT2D eigenvalue weighted by Crippen LogP contribution is 2.53. The second-order valence-electron chi connectivity index (χ2n) is 9.27. The Bertz CT molecular complexity index is 1440. The van der Waals surface area contributed by atoms with Gasteiger partial charge >= 0.3 is 5.97 Å². The van der Waals surface area contributed by atoms with Gasteiger partial charge < -0.3 is 13.6 Å². The van der Waals surface area contributed by atoms with Crippen LogP contribution in [0.1, 0.15) is 53.6 Å². The van der Waals surface area contributed by atoms with Gasteiger partial charge in [-0.05, 0) is 85.9 Å². The first kappa shape index (κ1) is 23.6. The number of aryl methyl sites for hydroxylation is 1. The summed E-state index contributed by atoms with van der Waals surface area (Å²) in [4.78, 5) is 24.2. The number of carbonyl (C=O) groups is 2. The summed E-state index contributed by atoms with van der Waals surface area (Å²) < 4.78 is 17.4. The molecule has 2 unspecified atom stereocenters. The number of hydrogen-bond donors (Lipinski definition) is 0. The maximum Gasteiger partial charge on any atom is 0.335 e. The lowest BCUT2D eigenvalue weighted by Crippen LogP contribution is -2.25. The Hall–Kier alpha value is -4.12. The molecule has 0 radical (unpaired) electrons. The number of fused-ring (bicyclic) bond motifs is 1. The first-order chi connectivity index (χ1) is 17.4. The third-order valence-corrected chi connectivity index (χ3v) is 7.00. The Morgan fingerprint density at radius 1 is 1.17 bits per heavy atom. The molecule has 2 heterocycles. The Morgan fingerprint density at radius 3 is 2.72 bits per heavy atom. The fraction of sp³-hybridized carbons (Fsp3) is 0.226. The molecule has 2 aliphatic rings. The summed E-state index contributed by atoms with van der Waals surface area (Å²) in [5.74, 6) is 1.44. The number of allylic oxidation sites excluding steroid dienone is 5. The van der Waals surface area contributed by atoms with E-state index in [1.54, 1.807) is 12.3 Å². The molecule has 2 atom stereocenters. The zero-order valence-electron chi connectivity index (χ0n) is 20.7. The Labute approximate surface area is 210 Å². The van der Waals surface area contributed by atoms with E-state index in [0.717, 1.165) is 39.9 Å². The number of carbonyl (C=O) groups excluding carboxylic acids is 2. The van der Waals surface area contributed by atoms with Crippen molar-refractivity contribution in [2.24, 2.45) is 5.92 Å². The van der Waals surface area contributed by atoms with Gasteiger partial charge in [-0.2, -0.15) is 0 Å². The Morgan fingerprint density at radius 2 is 2.00 bits per heavy atom. The van der Waals surface area contributed by atoms with E-state index in [-0.39, 0.29) is 17.8 Å². The van der Waals surface area contributed by atoms with Gasteiger partial charge in [-0.1, -0.05) is 30.4 Å². The SMILES string of the molecule is C=C1C(=Cc2ccc(-c3cc(C=O)ccc3C)o2)CC2=CC(C)=C(C(=O)OCC)C(c3ccco3)C12. The highest BCUT2D eigenvalue weighted by molar-refractivity contribution is 5.93. The topological polar surface area (TPSA) is 69.7 Å². The van der Waals surface area contributed by atoms with Crippen LogP contribution < -0.4 is 0 Å². The third kappa shape index (κ3) is 4.11. The predicted molar refractivity (Wildman–Crippen MR) is 138 cm³/mol. The molecule has 1 aromatic carbocycles. The molecule has 0 bridgehead atoms. The second-order valence-corrected chi connectivity index (χ2v) is 9.27. The van der Waals surface area contributed by atoms with Gasteiger partial charge in [0.15, 0.2) is 0 Å². The van der Waals surface area contributed by atoms with Crippen LogP contribution in [0.25, 0.3) is 17.4 Å². The van der Waals surface area contributed by atoms with Crippen LogP contribution in [0.3, 0.4) is 0 Å². The second kappa shape index (κ2) is 9.50. The van der Waals surface area contributed by atoms with E-state index in [4.69, 9.17) is 13.6 Å². The summed E-state index contributed by atoms with van der Waals surface area (Å²) in [7, 11) is 0. The molecule has 5 rings (SSSR count). The minimum Gasteiger partial charge on any atom is -0.469 e. The van der Waals surface area contributed by atoms with E-state index in [2.05, 4.69) is 12.7 Å². The zero-order valence-corrected chi connectivity index (χ0v) is 20.7. The maximum atomic E-state index is 13.0. The number of ether oxygens (including phenoxy) is 1.